The second-order valence-corrected chi connectivity index (χ2v) is 8.79. The minimum atomic E-state index is -3.51. The Balaban J connectivity index is 2.22. The van der Waals surface area contributed by atoms with Crippen LogP contribution in [0, 0.1) is 0 Å². The minimum absolute atomic E-state index is 0.0725. The smallest absolute Gasteiger partial charge is 0.252 e. The van der Waals surface area contributed by atoms with Gasteiger partial charge in [-0.2, -0.15) is 0 Å². The standard InChI is InChI=1S/C17H18BrNO3S/c1-12(2)23(21,22)16-6-4-3-5-15(16)17(20)19-11-13-7-9-14(18)10-8-13/h3-10,12H,11H2,1-2H3,(H,19,20). The maximum atomic E-state index is 12.4. The van der Waals surface area contributed by atoms with Crippen LogP contribution in [0.3, 0.4) is 0 Å². The van der Waals surface area contributed by atoms with Crippen LogP contribution in [0.15, 0.2) is 57.9 Å². The molecule has 0 aromatic heterocycles. The molecular formula is C17H18BrNO3S. The van der Waals surface area contributed by atoms with Crippen molar-refractivity contribution >= 4 is 31.7 Å². The fraction of sp³-hybridized carbons (Fsp3) is 0.235. The number of hydrogen-bond donors (Lipinski definition) is 1. The molecule has 0 aliphatic heterocycles. The van der Waals surface area contributed by atoms with Crippen molar-refractivity contribution in [2.45, 2.75) is 30.5 Å². The predicted molar refractivity (Wildman–Crippen MR) is 94.1 cm³/mol. The average Bonchev–Trinajstić information content (AvgIpc) is 2.54. The van der Waals surface area contributed by atoms with Crippen molar-refractivity contribution in [3.8, 4) is 0 Å². The fourth-order valence-corrected chi connectivity index (χ4v) is 3.54. The van der Waals surface area contributed by atoms with Crippen molar-refractivity contribution in [1.29, 1.82) is 0 Å². The van der Waals surface area contributed by atoms with Crippen LogP contribution in [0.5, 0.6) is 0 Å². The second-order valence-electron chi connectivity index (χ2n) is 5.40. The molecular weight excluding hydrogens is 378 g/mol. The van der Waals surface area contributed by atoms with E-state index in [0.717, 1.165) is 10.0 Å². The zero-order chi connectivity index (χ0) is 17.0. The Morgan fingerprint density at radius 2 is 1.70 bits per heavy atom. The summed E-state index contributed by atoms with van der Waals surface area (Å²) in [7, 11) is -3.51. The lowest BCUT2D eigenvalue weighted by atomic mass is 10.2. The number of amides is 1. The van der Waals surface area contributed by atoms with Gasteiger partial charge in [0.15, 0.2) is 9.84 Å². The zero-order valence-electron chi connectivity index (χ0n) is 12.9. The molecule has 122 valence electrons. The Morgan fingerprint density at radius 3 is 2.30 bits per heavy atom. The lowest BCUT2D eigenvalue weighted by molar-refractivity contribution is 0.0947. The highest BCUT2D eigenvalue weighted by molar-refractivity contribution is 9.10. The van der Waals surface area contributed by atoms with Gasteiger partial charge in [0, 0.05) is 11.0 Å². The molecule has 0 radical (unpaired) electrons. The van der Waals surface area contributed by atoms with E-state index in [1.165, 1.54) is 12.1 Å². The van der Waals surface area contributed by atoms with Crippen LogP contribution in [0.1, 0.15) is 29.8 Å². The minimum Gasteiger partial charge on any atom is -0.348 e. The summed E-state index contributed by atoms with van der Waals surface area (Å²) in [6, 6.07) is 13.9. The van der Waals surface area contributed by atoms with Crippen LogP contribution in [0.4, 0.5) is 0 Å². The molecule has 1 N–H and O–H groups in total. The van der Waals surface area contributed by atoms with E-state index in [4.69, 9.17) is 0 Å². The van der Waals surface area contributed by atoms with Gasteiger partial charge >= 0.3 is 0 Å². The Bertz CT molecular complexity index is 799. The third-order valence-electron chi connectivity index (χ3n) is 3.43. The van der Waals surface area contributed by atoms with Crippen LogP contribution in [0.25, 0.3) is 0 Å². The molecule has 2 aromatic carbocycles. The van der Waals surface area contributed by atoms with E-state index in [0.29, 0.717) is 6.54 Å². The number of sulfone groups is 1. The first-order valence-corrected chi connectivity index (χ1v) is 9.52. The van der Waals surface area contributed by atoms with Crippen molar-refractivity contribution < 1.29 is 13.2 Å². The fourth-order valence-electron chi connectivity index (χ4n) is 2.04. The lowest BCUT2D eigenvalue weighted by Crippen LogP contribution is -2.26. The topological polar surface area (TPSA) is 63.2 Å². The Hall–Kier alpha value is -1.66. The molecule has 0 unspecified atom stereocenters. The number of halogens is 1. The molecule has 0 bridgehead atoms. The molecule has 0 spiro atoms. The van der Waals surface area contributed by atoms with E-state index in [9.17, 15) is 13.2 Å². The molecule has 1 amide bonds. The third kappa shape index (κ3) is 4.20. The third-order valence-corrected chi connectivity index (χ3v) is 6.16. The Kier molecular flexibility index (Phi) is 5.59. The van der Waals surface area contributed by atoms with Gasteiger partial charge in [0.05, 0.1) is 15.7 Å². The first kappa shape index (κ1) is 17.7. The molecule has 23 heavy (non-hydrogen) atoms. The van der Waals surface area contributed by atoms with Gasteiger partial charge < -0.3 is 5.32 Å². The van der Waals surface area contributed by atoms with E-state index in [-0.39, 0.29) is 10.5 Å². The number of nitrogens with one attached hydrogen (secondary N) is 1. The maximum Gasteiger partial charge on any atom is 0.252 e. The first-order valence-electron chi connectivity index (χ1n) is 7.18. The maximum absolute atomic E-state index is 12.4. The SMILES string of the molecule is CC(C)S(=O)(=O)c1ccccc1C(=O)NCc1ccc(Br)cc1. The van der Waals surface area contributed by atoms with Gasteiger partial charge in [0.2, 0.25) is 0 Å². The van der Waals surface area contributed by atoms with Crippen molar-refractivity contribution in [1.82, 2.24) is 5.32 Å². The average molecular weight is 396 g/mol. The highest BCUT2D eigenvalue weighted by Gasteiger charge is 2.24. The summed E-state index contributed by atoms with van der Waals surface area (Å²) >= 11 is 3.35. The second kappa shape index (κ2) is 7.27. The van der Waals surface area contributed by atoms with Crippen LogP contribution in [0.2, 0.25) is 0 Å². The molecule has 0 fully saturated rings. The van der Waals surface area contributed by atoms with Gasteiger partial charge in [-0.15, -0.1) is 0 Å². The van der Waals surface area contributed by atoms with Gasteiger partial charge in [0.1, 0.15) is 0 Å². The van der Waals surface area contributed by atoms with Gasteiger partial charge in [-0.05, 0) is 43.7 Å². The van der Waals surface area contributed by atoms with Crippen molar-refractivity contribution in [2.75, 3.05) is 0 Å². The van der Waals surface area contributed by atoms with Gasteiger partial charge in [-0.25, -0.2) is 8.42 Å². The van der Waals surface area contributed by atoms with Gasteiger partial charge in [-0.1, -0.05) is 40.2 Å². The summed E-state index contributed by atoms with van der Waals surface area (Å²) in [5, 5.41) is 2.19. The van der Waals surface area contributed by atoms with E-state index >= 15 is 0 Å². The number of carbonyl (C=O) groups is 1. The highest BCUT2D eigenvalue weighted by atomic mass is 79.9. The number of rotatable bonds is 5. The molecule has 6 heteroatoms. The van der Waals surface area contributed by atoms with Crippen molar-refractivity contribution in [2.24, 2.45) is 0 Å². The molecule has 2 rings (SSSR count). The number of benzene rings is 2. The van der Waals surface area contributed by atoms with Crippen LogP contribution >= 0.6 is 15.9 Å². The van der Waals surface area contributed by atoms with Crippen molar-refractivity contribution in [3.05, 3.63) is 64.1 Å². The van der Waals surface area contributed by atoms with E-state index in [2.05, 4.69) is 21.2 Å². The summed E-state index contributed by atoms with van der Waals surface area (Å²) in [6.45, 7) is 3.54. The molecule has 0 aliphatic carbocycles. The summed E-state index contributed by atoms with van der Waals surface area (Å²) in [6.07, 6.45) is 0. The van der Waals surface area contributed by atoms with Gasteiger partial charge in [-0.3, -0.25) is 4.79 Å². The molecule has 4 nitrogen and oxygen atoms in total. The van der Waals surface area contributed by atoms with E-state index in [1.807, 2.05) is 24.3 Å². The lowest BCUT2D eigenvalue weighted by Gasteiger charge is -2.13. The number of hydrogen-bond acceptors (Lipinski definition) is 3. The van der Waals surface area contributed by atoms with Crippen molar-refractivity contribution in [3.63, 3.8) is 0 Å². The van der Waals surface area contributed by atoms with Crippen LogP contribution in [-0.4, -0.2) is 19.6 Å². The number of carbonyl (C=O) groups excluding carboxylic acids is 1. The van der Waals surface area contributed by atoms with E-state index in [1.54, 1.807) is 26.0 Å². The summed E-state index contributed by atoms with van der Waals surface area (Å²) in [5.41, 5.74) is 1.11. The molecule has 0 heterocycles. The normalized spacial score (nSPS) is 11.5. The molecule has 0 saturated carbocycles. The Labute approximate surface area is 145 Å². The Morgan fingerprint density at radius 1 is 1.09 bits per heavy atom. The largest absolute Gasteiger partial charge is 0.348 e. The summed E-state index contributed by atoms with van der Waals surface area (Å²) in [4.78, 5) is 12.5. The predicted octanol–water partition coefficient (Wildman–Crippen LogP) is 3.56. The van der Waals surface area contributed by atoms with Crippen LogP contribution in [-0.2, 0) is 16.4 Å². The molecule has 0 aliphatic rings. The van der Waals surface area contributed by atoms with Crippen LogP contribution < -0.4 is 5.32 Å². The molecule has 0 atom stereocenters. The highest BCUT2D eigenvalue weighted by Crippen LogP contribution is 2.20. The monoisotopic (exact) mass is 395 g/mol. The van der Waals surface area contributed by atoms with E-state index < -0.39 is 21.0 Å². The molecule has 2 aromatic rings. The van der Waals surface area contributed by atoms with Gasteiger partial charge in [0.25, 0.3) is 5.91 Å². The first-order chi connectivity index (χ1) is 10.8. The zero-order valence-corrected chi connectivity index (χ0v) is 15.3. The quantitative estimate of drug-likeness (QED) is 0.841. The summed E-state index contributed by atoms with van der Waals surface area (Å²) in [5.74, 6) is -0.396. The molecule has 0 saturated heterocycles. The summed E-state index contributed by atoms with van der Waals surface area (Å²) < 4.78 is 25.7.